The number of nitrogens with zero attached hydrogens (tertiary/aromatic N) is 4. The van der Waals surface area contributed by atoms with Crippen molar-refractivity contribution in [3.8, 4) is 0 Å². The standard InChI is InChI=1S/C22H23F2N5O2S/c23-22(24,15-4-2-1-3-5-15)19(30)11-6-16-7-13-21(31)29(16)14-18-9-8-17(32-18)10-12-20-25-27-28-26-20/h1-6,8-9,11,16,19,30H,7,10,12-14H2,(H,25,26,27,28)/t16-,19?/m0/s1. The molecule has 0 aliphatic carbocycles. The molecule has 4 rings (SSSR count). The highest BCUT2D eigenvalue weighted by Gasteiger charge is 2.39. The maximum Gasteiger partial charge on any atom is 0.302 e. The number of rotatable bonds is 9. The summed E-state index contributed by atoms with van der Waals surface area (Å²) in [6.45, 7) is 0.409. The van der Waals surface area contributed by atoms with Gasteiger partial charge in [-0.15, -0.1) is 21.5 Å². The van der Waals surface area contributed by atoms with Crippen molar-refractivity contribution in [2.24, 2.45) is 0 Å². The van der Waals surface area contributed by atoms with E-state index in [1.807, 2.05) is 12.1 Å². The highest BCUT2D eigenvalue weighted by atomic mass is 32.1. The van der Waals surface area contributed by atoms with Crippen molar-refractivity contribution in [2.45, 2.75) is 50.3 Å². The van der Waals surface area contributed by atoms with Gasteiger partial charge in [-0.3, -0.25) is 4.79 Å². The molecule has 168 valence electrons. The molecule has 1 aromatic carbocycles. The summed E-state index contributed by atoms with van der Waals surface area (Å²) in [4.78, 5) is 16.2. The van der Waals surface area contributed by atoms with Gasteiger partial charge >= 0.3 is 5.92 Å². The van der Waals surface area contributed by atoms with E-state index in [1.165, 1.54) is 30.3 Å². The minimum absolute atomic E-state index is 0.0225. The smallest absolute Gasteiger partial charge is 0.302 e. The number of tetrazole rings is 1. The van der Waals surface area contributed by atoms with Crippen LogP contribution < -0.4 is 0 Å². The molecule has 1 saturated heterocycles. The minimum Gasteiger partial charge on any atom is -0.382 e. The van der Waals surface area contributed by atoms with E-state index in [2.05, 4.69) is 20.6 Å². The lowest BCUT2D eigenvalue weighted by molar-refractivity contribution is -0.128. The lowest BCUT2D eigenvalue weighted by Crippen LogP contribution is -2.32. The first kappa shape index (κ1) is 22.2. The summed E-state index contributed by atoms with van der Waals surface area (Å²) in [7, 11) is 0. The Morgan fingerprint density at radius 3 is 2.75 bits per heavy atom. The number of likely N-dealkylation sites (tertiary alicyclic amines) is 1. The van der Waals surface area contributed by atoms with Crippen LogP contribution in [0, 0.1) is 0 Å². The first-order valence-corrected chi connectivity index (χ1v) is 11.1. The zero-order chi connectivity index (χ0) is 22.6. The average Bonchev–Trinajstić information content (AvgIpc) is 3.55. The van der Waals surface area contributed by atoms with Gasteiger partial charge in [-0.1, -0.05) is 47.7 Å². The van der Waals surface area contributed by atoms with Crippen LogP contribution in [0.3, 0.4) is 0 Å². The molecular weight excluding hydrogens is 436 g/mol. The van der Waals surface area contributed by atoms with Crippen molar-refractivity contribution >= 4 is 17.2 Å². The zero-order valence-electron chi connectivity index (χ0n) is 17.2. The van der Waals surface area contributed by atoms with Crippen LogP contribution in [0.4, 0.5) is 8.78 Å². The molecule has 1 aliphatic rings. The number of aromatic nitrogens is 4. The molecule has 2 N–H and O–H groups in total. The largest absolute Gasteiger partial charge is 0.382 e. The third kappa shape index (κ3) is 5.08. The summed E-state index contributed by atoms with van der Waals surface area (Å²) in [5.74, 6) is -2.79. The molecule has 32 heavy (non-hydrogen) atoms. The van der Waals surface area contributed by atoms with E-state index in [-0.39, 0.29) is 17.5 Å². The van der Waals surface area contributed by atoms with E-state index >= 15 is 0 Å². The second-order valence-corrected chi connectivity index (χ2v) is 8.90. The molecule has 10 heteroatoms. The van der Waals surface area contributed by atoms with Crippen molar-refractivity contribution in [1.29, 1.82) is 0 Å². The van der Waals surface area contributed by atoms with Gasteiger partial charge in [0, 0.05) is 28.2 Å². The Morgan fingerprint density at radius 2 is 2.00 bits per heavy atom. The van der Waals surface area contributed by atoms with Crippen LogP contribution in [0.2, 0.25) is 0 Å². The lowest BCUT2D eigenvalue weighted by Gasteiger charge is -2.24. The summed E-state index contributed by atoms with van der Waals surface area (Å²) < 4.78 is 29.1. The van der Waals surface area contributed by atoms with Crippen LogP contribution in [-0.4, -0.2) is 48.7 Å². The van der Waals surface area contributed by atoms with Crippen molar-refractivity contribution in [3.63, 3.8) is 0 Å². The fraction of sp³-hybridized carbons (Fsp3) is 0.364. The van der Waals surface area contributed by atoms with Crippen molar-refractivity contribution < 1.29 is 18.7 Å². The molecule has 0 radical (unpaired) electrons. The lowest BCUT2D eigenvalue weighted by atomic mass is 10.0. The van der Waals surface area contributed by atoms with E-state index in [9.17, 15) is 18.7 Å². The Labute approximate surface area is 187 Å². The fourth-order valence-electron chi connectivity index (χ4n) is 3.68. The molecule has 2 atom stereocenters. The van der Waals surface area contributed by atoms with Gasteiger partial charge in [0.2, 0.25) is 5.91 Å². The molecule has 0 bridgehead atoms. The van der Waals surface area contributed by atoms with E-state index in [0.717, 1.165) is 22.3 Å². The number of aryl methyl sites for hydroxylation is 2. The van der Waals surface area contributed by atoms with E-state index in [4.69, 9.17) is 0 Å². The first-order chi connectivity index (χ1) is 15.4. The normalized spacial score (nSPS) is 18.0. The van der Waals surface area contributed by atoms with Crippen molar-refractivity contribution in [2.75, 3.05) is 0 Å². The van der Waals surface area contributed by atoms with Gasteiger partial charge in [-0.05, 0) is 25.0 Å². The van der Waals surface area contributed by atoms with Crippen molar-refractivity contribution in [3.05, 3.63) is 75.8 Å². The second kappa shape index (κ2) is 9.66. The van der Waals surface area contributed by atoms with Gasteiger partial charge in [0.1, 0.15) is 6.10 Å². The third-order valence-electron chi connectivity index (χ3n) is 5.45. The number of amides is 1. The first-order valence-electron chi connectivity index (χ1n) is 10.3. The number of alkyl halides is 2. The Balaban J connectivity index is 1.38. The molecule has 3 aromatic rings. The maximum absolute atomic E-state index is 14.5. The maximum atomic E-state index is 14.5. The van der Waals surface area contributed by atoms with Gasteiger partial charge in [0.05, 0.1) is 12.6 Å². The van der Waals surface area contributed by atoms with Crippen molar-refractivity contribution in [1.82, 2.24) is 25.5 Å². The summed E-state index contributed by atoms with van der Waals surface area (Å²) in [5.41, 5.74) is -0.247. The number of hydrogen-bond acceptors (Lipinski definition) is 6. The van der Waals surface area contributed by atoms with Gasteiger partial charge in [0.15, 0.2) is 5.82 Å². The topological polar surface area (TPSA) is 95.0 Å². The predicted octanol–water partition coefficient (Wildman–Crippen LogP) is 3.25. The van der Waals surface area contributed by atoms with Gasteiger partial charge in [-0.25, -0.2) is 0 Å². The Kier molecular flexibility index (Phi) is 6.71. The minimum atomic E-state index is -3.41. The number of aliphatic hydroxyl groups is 1. The number of nitrogens with one attached hydrogen (secondary N) is 1. The van der Waals surface area contributed by atoms with Crippen LogP contribution in [0.1, 0.15) is 34.0 Å². The van der Waals surface area contributed by atoms with Crippen LogP contribution in [0.5, 0.6) is 0 Å². The number of benzene rings is 1. The summed E-state index contributed by atoms with van der Waals surface area (Å²) in [6, 6.07) is 10.9. The molecule has 1 amide bonds. The van der Waals surface area contributed by atoms with Crippen LogP contribution in [0.25, 0.3) is 0 Å². The van der Waals surface area contributed by atoms with Crippen LogP contribution in [0.15, 0.2) is 54.6 Å². The van der Waals surface area contributed by atoms with Gasteiger partial charge in [0.25, 0.3) is 0 Å². The number of carbonyl (C=O) groups is 1. The number of aromatic amines is 1. The fourth-order valence-corrected chi connectivity index (χ4v) is 4.70. The summed E-state index contributed by atoms with van der Waals surface area (Å²) >= 11 is 1.60. The molecule has 1 fully saturated rings. The number of aliphatic hydroxyl groups excluding tert-OH is 1. The molecule has 3 heterocycles. The SMILES string of the molecule is O=C1CC[C@H](C=CC(O)C(F)(F)c2ccccc2)N1Cc1ccc(CCc2nn[nH]n2)s1. The number of thiophene rings is 1. The number of halogens is 2. The van der Waals surface area contributed by atoms with E-state index < -0.39 is 12.0 Å². The van der Waals surface area contributed by atoms with E-state index in [1.54, 1.807) is 22.3 Å². The summed E-state index contributed by atoms with van der Waals surface area (Å²) in [5, 5.41) is 24.0. The van der Waals surface area contributed by atoms with Crippen LogP contribution >= 0.6 is 11.3 Å². The molecule has 0 spiro atoms. The second-order valence-electron chi connectivity index (χ2n) is 7.64. The Bertz CT molecular complexity index is 1060. The molecule has 7 nitrogen and oxygen atoms in total. The Morgan fingerprint density at radius 1 is 1.22 bits per heavy atom. The monoisotopic (exact) mass is 459 g/mol. The quantitative estimate of drug-likeness (QED) is 0.479. The highest BCUT2D eigenvalue weighted by molar-refractivity contribution is 7.11. The predicted molar refractivity (Wildman–Crippen MR) is 115 cm³/mol. The molecule has 2 aromatic heterocycles. The molecule has 1 aliphatic heterocycles. The van der Waals surface area contributed by atoms with Crippen LogP contribution in [-0.2, 0) is 30.1 Å². The van der Waals surface area contributed by atoms with E-state index in [0.29, 0.717) is 31.6 Å². The molecular formula is C22H23F2N5O2S. The number of H-pyrrole nitrogens is 1. The third-order valence-corrected chi connectivity index (χ3v) is 6.58. The number of carbonyl (C=O) groups excluding carboxylic acids is 1. The van der Waals surface area contributed by atoms with Gasteiger partial charge in [-0.2, -0.15) is 14.0 Å². The highest BCUT2D eigenvalue weighted by Crippen LogP contribution is 2.33. The zero-order valence-corrected chi connectivity index (χ0v) is 18.0. The number of hydrogen-bond donors (Lipinski definition) is 2. The summed E-state index contributed by atoms with van der Waals surface area (Å²) in [6.07, 6.45) is 2.98. The average molecular weight is 460 g/mol. The van der Waals surface area contributed by atoms with Gasteiger partial charge < -0.3 is 10.0 Å². The molecule has 1 unspecified atom stereocenters. The Hall–Kier alpha value is -2.98. The molecule has 0 saturated carbocycles.